The minimum absolute atomic E-state index is 0.111. The van der Waals surface area contributed by atoms with Gasteiger partial charge in [-0.25, -0.2) is 0 Å². The van der Waals surface area contributed by atoms with Crippen molar-refractivity contribution in [3.05, 3.63) is 47.5 Å². The molecule has 0 aromatic heterocycles. The fourth-order valence-corrected chi connectivity index (χ4v) is 8.09. The van der Waals surface area contributed by atoms with Crippen LogP contribution in [0.4, 0.5) is 13.2 Å². The number of amides is 2. The van der Waals surface area contributed by atoms with Crippen LogP contribution in [0.25, 0.3) is 0 Å². The van der Waals surface area contributed by atoms with E-state index >= 15 is 0 Å². The van der Waals surface area contributed by atoms with Gasteiger partial charge in [0.25, 0.3) is 17.6 Å². The van der Waals surface area contributed by atoms with E-state index in [1.165, 1.54) is 19.3 Å². The van der Waals surface area contributed by atoms with Crippen LogP contribution < -0.4 is 10.6 Å². The van der Waals surface area contributed by atoms with E-state index in [0.29, 0.717) is 28.7 Å². The molecule has 1 aliphatic heterocycles. The van der Waals surface area contributed by atoms with Gasteiger partial charge in [0.2, 0.25) is 0 Å². The normalized spacial score (nSPS) is 35.8. The van der Waals surface area contributed by atoms with E-state index < -0.39 is 35.2 Å². The van der Waals surface area contributed by atoms with Crippen LogP contribution in [0.5, 0.6) is 0 Å². The summed E-state index contributed by atoms with van der Waals surface area (Å²) in [6, 6.07) is 6.30. The van der Waals surface area contributed by atoms with Crippen LogP contribution in [0.2, 0.25) is 0 Å². The Kier molecular flexibility index (Phi) is 6.52. The third-order valence-corrected chi connectivity index (χ3v) is 9.99. The van der Waals surface area contributed by atoms with Gasteiger partial charge in [-0.2, -0.15) is 13.2 Å². The van der Waals surface area contributed by atoms with Gasteiger partial charge in [0, 0.05) is 17.9 Å². The number of alkyl halides is 3. The van der Waals surface area contributed by atoms with Gasteiger partial charge in [0.15, 0.2) is 0 Å². The molecule has 1 aromatic carbocycles. The minimum atomic E-state index is -5.11. The summed E-state index contributed by atoms with van der Waals surface area (Å²) in [5.41, 5.74) is 0.189. The van der Waals surface area contributed by atoms with Gasteiger partial charge in [-0.3, -0.25) is 14.4 Å². The fraction of sp³-hybridized carbons (Fsp3) is 0.621. The van der Waals surface area contributed by atoms with E-state index in [1.54, 1.807) is 36.4 Å². The summed E-state index contributed by atoms with van der Waals surface area (Å²) < 4.78 is 40.1. The third-order valence-electron chi connectivity index (χ3n) is 9.99. The van der Waals surface area contributed by atoms with E-state index in [2.05, 4.69) is 24.5 Å². The van der Waals surface area contributed by atoms with Crippen molar-refractivity contribution in [1.29, 1.82) is 0 Å². The molecule has 0 spiro atoms. The van der Waals surface area contributed by atoms with Gasteiger partial charge in [-0.05, 0) is 67.3 Å². The molecular weight excluding hydrogens is 481 g/mol. The van der Waals surface area contributed by atoms with Crippen molar-refractivity contribution in [2.24, 2.45) is 28.6 Å². The first-order chi connectivity index (χ1) is 17.4. The van der Waals surface area contributed by atoms with E-state index in [-0.39, 0.29) is 18.0 Å². The zero-order valence-corrected chi connectivity index (χ0v) is 21.4. The van der Waals surface area contributed by atoms with E-state index in [9.17, 15) is 27.6 Å². The zero-order valence-electron chi connectivity index (χ0n) is 21.4. The molecule has 5 rings (SSSR count). The molecule has 3 aliphatic carbocycles. The minimum Gasteiger partial charge on any atom is -0.348 e. The molecular formula is C29H35F3N2O3. The lowest BCUT2D eigenvalue weighted by Crippen LogP contribution is -2.61. The molecule has 8 heteroatoms. The number of ketones is 1. The number of hydrogen-bond donors (Lipinski definition) is 2. The number of rotatable bonds is 5. The maximum Gasteiger partial charge on any atom is 0.452 e. The highest BCUT2D eigenvalue weighted by atomic mass is 19.4. The average molecular weight is 517 g/mol. The van der Waals surface area contributed by atoms with Crippen molar-refractivity contribution in [2.75, 3.05) is 0 Å². The van der Waals surface area contributed by atoms with Crippen LogP contribution in [-0.2, 0) is 20.8 Å². The van der Waals surface area contributed by atoms with E-state index in [1.807, 2.05) is 0 Å². The number of halogens is 3. The number of benzene rings is 1. The summed E-state index contributed by atoms with van der Waals surface area (Å²) in [7, 11) is 0. The largest absolute Gasteiger partial charge is 0.452 e. The molecule has 2 N–H and O–H groups in total. The summed E-state index contributed by atoms with van der Waals surface area (Å²) in [5.74, 6) is -2.11. The highest BCUT2D eigenvalue weighted by molar-refractivity contribution is 6.19. The van der Waals surface area contributed by atoms with Crippen LogP contribution in [-0.4, -0.2) is 35.9 Å². The molecule has 0 bridgehead atoms. The van der Waals surface area contributed by atoms with Crippen LogP contribution in [0.3, 0.4) is 0 Å². The van der Waals surface area contributed by atoms with Gasteiger partial charge in [0.1, 0.15) is 11.6 Å². The van der Waals surface area contributed by atoms with Crippen molar-refractivity contribution >= 4 is 17.6 Å². The molecule has 2 unspecified atom stereocenters. The summed E-state index contributed by atoms with van der Waals surface area (Å²) >= 11 is 0. The molecule has 5 nitrogen and oxygen atoms in total. The smallest absolute Gasteiger partial charge is 0.348 e. The molecule has 7 atom stereocenters. The number of carbonyl (C=O) groups excluding carboxylic acids is 3. The van der Waals surface area contributed by atoms with Gasteiger partial charge >= 0.3 is 6.18 Å². The topological polar surface area (TPSA) is 75.3 Å². The highest BCUT2D eigenvalue weighted by Crippen LogP contribution is 2.63. The second kappa shape index (κ2) is 9.28. The van der Waals surface area contributed by atoms with Crippen molar-refractivity contribution < 1.29 is 27.6 Å². The summed E-state index contributed by atoms with van der Waals surface area (Å²) in [4.78, 5) is 38.5. The zero-order chi connectivity index (χ0) is 26.6. The van der Waals surface area contributed by atoms with Crippen molar-refractivity contribution in [1.82, 2.24) is 10.6 Å². The Labute approximate surface area is 215 Å². The molecule has 1 aromatic rings. The Bertz CT molecular complexity index is 1120. The van der Waals surface area contributed by atoms with Crippen molar-refractivity contribution in [2.45, 2.75) is 83.5 Å². The van der Waals surface area contributed by atoms with Crippen molar-refractivity contribution in [3.8, 4) is 0 Å². The first-order valence-electron chi connectivity index (χ1n) is 13.4. The molecule has 37 heavy (non-hydrogen) atoms. The Morgan fingerprint density at radius 1 is 1.05 bits per heavy atom. The Morgan fingerprint density at radius 2 is 1.78 bits per heavy atom. The Balaban J connectivity index is 1.42. The predicted molar refractivity (Wildman–Crippen MR) is 132 cm³/mol. The second-order valence-corrected chi connectivity index (χ2v) is 12.1. The molecule has 1 heterocycles. The van der Waals surface area contributed by atoms with Crippen LogP contribution >= 0.6 is 0 Å². The lowest BCUT2D eigenvalue weighted by Gasteiger charge is -2.58. The standard InChI is InChI=1S/C29H35F3N2O3/c1-27-13-6-9-20(27)18-10-11-23-28(2,21(18)12-14-27)16-19(26(37)34-23)25(36)33-22(24(35)29(30,31)32)15-17-7-4-3-5-8-17/h3-5,7-8,16,18,20-23H,6,9-15H2,1-2H3,(H,33,36)(H,34,37)/t18-,20-,21+,22?,23?,27-,28+/m0/s1. The molecule has 4 aliphatic rings. The van der Waals surface area contributed by atoms with Crippen molar-refractivity contribution in [3.63, 3.8) is 0 Å². The maximum absolute atomic E-state index is 13.4. The van der Waals surface area contributed by atoms with E-state index in [0.717, 1.165) is 25.7 Å². The quantitative estimate of drug-likeness (QED) is 0.547. The molecule has 2 amide bonds. The highest BCUT2D eigenvalue weighted by Gasteiger charge is 2.58. The Hall–Kier alpha value is -2.64. The first kappa shape index (κ1) is 26.0. The molecule has 3 fully saturated rings. The van der Waals surface area contributed by atoms with Gasteiger partial charge < -0.3 is 10.6 Å². The monoisotopic (exact) mass is 516 g/mol. The lowest BCUT2D eigenvalue weighted by molar-refractivity contribution is -0.173. The fourth-order valence-electron chi connectivity index (χ4n) is 8.09. The number of Topliss-reactive ketones (excluding diaryl/α,β-unsaturated/α-hetero) is 1. The molecule has 3 saturated carbocycles. The number of fused-ring (bicyclic) bond motifs is 5. The average Bonchev–Trinajstić information content (AvgIpc) is 3.25. The van der Waals surface area contributed by atoms with Gasteiger partial charge in [-0.1, -0.05) is 56.7 Å². The lowest BCUT2D eigenvalue weighted by atomic mass is 9.48. The third kappa shape index (κ3) is 4.61. The molecule has 0 saturated heterocycles. The molecule has 200 valence electrons. The van der Waals surface area contributed by atoms with Gasteiger partial charge in [-0.15, -0.1) is 0 Å². The van der Waals surface area contributed by atoms with Gasteiger partial charge in [0.05, 0.1) is 0 Å². The van der Waals surface area contributed by atoms with Crippen LogP contribution in [0, 0.1) is 28.6 Å². The second-order valence-electron chi connectivity index (χ2n) is 12.1. The number of nitrogens with one attached hydrogen (secondary N) is 2. The summed E-state index contributed by atoms with van der Waals surface area (Å²) in [5, 5.41) is 5.26. The number of carbonyl (C=O) groups is 3. The summed E-state index contributed by atoms with van der Waals surface area (Å²) in [6.07, 6.45) is 3.98. The summed E-state index contributed by atoms with van der Waals surface area (Å²) in [6.45, 7) is 4.48. The van der Waals surface area contributed by atoms with E-state index in [4.69, 9.17) is 0 Å². The SMILES string of the molecule is C[C@@]12CCC[C@H]1[C@@H]1CCC3NC(=O)C(C(=O)NC(Cc4ccccc4)C(=O)C(F)(F)F)=C[C@]3(C)[C@@H]1CC2. The predicted octanol–water partition coefficient (Wildman–Crippen LogP) is 4.90. The van der Waals surface area contributed by atoms with Crippen LogP contribution in [0.15, 0.2) is 42.0 Å². The molecule has 0 radical (unpaired) electrons. The maximum atomic E-state index is 13.4. The first-order valence-corrected chi connectivity index (χ1v) is 13.4. The Morgan fingerprint density at radius 3 is 2.49 bits per heavy atom. The number of hydrogen-bond acceptors (Lipinski definition) is 3. The van der Waals surface area contributed by atoms with Crippen LogP contribution in [0.1, 0.15) is 64.4 Å².